The number of rotatable bonds is 4. The topological polar surface area (TPSA) is 59.9 Å². The van der Waals surface area contributed by atoms with E-state index in [1.807, 2.05) is 27.7 Å². The molecule has 16 heavy (non-hydrogen) atoms. The summed E-state index contributed by atoms with van der Waals surface area (Å²) >= 11 is 5.78. The summed E-state index contributed by atoms with van der Waals surface area (Å²) in [4.78, 5) is 12.0. The third-order valence-corrected chi connectivity index (χ3v) is 1.68. The zero-order valence-electron chi connectivity index (χ0n) is 10.0. The zero-order valence-corrected chi connectivity index (χ0v) is 10.8. The molecule has 1 aromatic rings. The molecule has 1 rings (SSSR count). The van der Waals surface area contributed by atoms with E-state index in [1.165, 1.54) is 0 Å². The zero-order chi connectivity index (χ0) is 12.2. The Labute approximate surface area is 101 Å². The summed E-state index contributed by atoms with van der Waals surface area (Å²) in [7, 11) is 0. The molecular formula is C10H17ClN4O. The SMILES string of the molecule is CCCOc1nc(Cl)nc(NC(C)(C)C)n1. The summed E-state index contributed by atoms with van der Waals surface area (Å²) < 4.78 is 5.30. The maximum absolute atomic E-state index is 5.78. The summed E-state index contributed by atoms with van der Waals surface area (Å²) in [5.74, 6) is 0.429. The van der Waals surface area contributed by atoms with Crippen LogP contribution in [0.25, 0.3) is 0 Å². The van der Waals surface area contributed by atoms with Crippen molar-refractivity contribution >= 4 is 17.5 Å². The van der Waals surface area contributed by atoms with Crippen molar-refractivity contribution in [1.82, 2.24) is 15.0 Å². The predicted molar refractivity (Wildman–Crippen MR) is 64.0 cm³/mol. The molecule has 5 nitrogen and oxygen atoms in total. The van der Waals surface area contributed by atoms with Crippen LogP contribution in [0.1, 0.15) is 34.1 Å². The second-order valence-electron chi connectivity index (χ2n) is 4.43. The molecule has 0 saturated carbocycles. The van der Waals surface area contributed by atoms with E-state index >= 15 is 0 Å². The van der Waals surface area contributed by atoms with E-state index in [4.69, 9.17) is 16.3 Å². The highest BCUT2D eigenvalue weighted by Gasteiger charge is 2.13. The monoisotopic (exact) mass is 244 g/mol. The minimum atomic E-state index is -0.132. The van der Waals surface area contributed by atoms with Gasteiger partial charge in [0.05, 0.1) is 6.61 Å². The van der Waals surface area contributed by atoms with Crippen LogP contribution in [-0.2, 0) is 0 Å². The summed E-state index contributed by atoms with van der Waals surface area (Å²) in [6, 6.07) is 0.258. The van der Waals surface area contributed by atoms with Crippen LogP contribution in [0.4, 0.5) is 5.95 Å². The molecule has 6 heteroatoms. The van der Waals surface area contributed by atoms with Crippen molar-refractivity contribution in [2.45, 2.75) is 39.7 Å². The molecule has 0 amide bonds. The molecule has 0 fully saturated rings. The molecule has 0 bridgehead atoms. The first kappa shape index (κ1) is 13.0. The third-order valence-electron chi connectivity index (χ3n) is 1.51. The molecule has 0 aliphatic heterocycles. The second-order valence-corrected chi connectivity index (χ2v) is 4.77. The Bertz CT molecular complexity index is 351. The Morgan fingerprint density at radius 3 is 2.50 bits per heavy atom. The molecule has 1 N–H and O–H groups in total. The van der Waals surface area contributed by atoms with Crippen molar-refractivity contribution < 1.29 is 4.74 Å². The number of aromatic nitrogens is 3. The van der Waals surface area contributed by atoms with Gasteiger partial charge < -0.3 is 10.1 Å². The Morgan fingerprint density at radius 2 is 1.94 bits per heavy atom. The highest BCUT2D eigenvalue weighted by Crippen LogP contribution is 2.15. The minimum Gasteiger partial charge on any atom is -0.463 e. The maximum Gasteiger partial charge on any atom is 0.322 e. The van der Waals surface area contributed by atoms with E-state index < -0.39 is 0 Å². The first-order valence-corrected chi connectivity index (χ1v) is 5.61. The number of halogens is 1. The summed E-state index contributed by atoms with van der Waals surface area (Å²) in [5, 5.41) is 3.24. The van der Waals surface area contributed by atoms with Gasteiger partial charge in [0.25, 0.3) is 0 Å². The molecule has 0 atom stereocenters. The predicted octanol–water partition coefficient (Wildman–Crippen LogP) is 2.52. The van der Waals surface area contributed by atoms with Gasteiger partial charge in [0, 0.05) is 5.54 Å². The molecule has 0 saturated heterocycles. The summed E-state index contributed by atoms with van der Waals surface area (Å²) in [6.45, 7) is 8.61. The Balaban J connectivity index is 2.81. The molecule has 0 spiro atoms. The molecule has 1 aromatic heterocycles. The minimum absolute atomic E-state index is 0.132. The highest BCUT2D eigenvalue weighted by molar-refractivity contribution is 6.28. The molecule has 0 aliphatic rings. The molecular weight excluding hydrogens is 228 g/mol. The van der Waals surface area contributed by atoms with Gasteiger partial charge in [-0.05, 0) is 38.8 Å². The van der Waals surface area contributed by atoms with Gasteiger partial charge in [0.15, 0.2) is 0 Å². The average Bonchev–Trinajstić information content (AvgIpc) is 2.10. The lowest BCUT2D eigenvalue weighted by Gasteiger charge is -2.20. The van der Waals surface area contributed by atoms with Crippen LogP contribution in [0.3, 0.4) is 0 Å². The lowest BCUT2D eigenvalue weighted by molar-refractivity contribution is 0.291. The highest BCUT2D eigenvalue weighted by atomic mass is 35.5. The lowest BCUT2D eigenvalue weighted by Crippen LogP contribution is -2.27. The molecule has 1 heterocycles. The molecule has 0 aromatic carbocycles. The van der Waals surface area contributed by atoms with Gasteiger partial charge in [-0.3, -0.25) is 0 Å². The smallest absolute Gasteiger partial charge is 0.322 e. The standard InChI is InChI=1S/C10H17ClN4O/c1-5-6-16-9-13-7(11)12-8(14-9)15-10(2,3)4/h5-6H2,1-4H3,(H,12,13,14,15). The van der Waals surface area contributed by atoms with E-state index in [9.17, 15) is 0 Å². The van der Waals surface area contributed by atoms with Crippen molar-refractivity contribution in [2.24, 2.45) is 0 Å². The van der Waals surface area contributed by atoms with Crippen LogP contribution in [0, 0.1) is 0 Å². The molecule has 0 unspecified atom stereocenters. The van der Waals surface area contributed by atoms with Crippen molar-refractivity contribution in [3.8, 4) is 6.01 Å². The Morgan fingerprint density at radius 1 is 1.25 bits per heavy atom. The molecule has 90 valence electrons. The third kappa shape index (κ3) is 4.61. The van der Waals surface area contributed by atoms with E-state index in [0.717, 1.165) is 6.42 Å². The van der Waals surface area contributed by atoms with Crippen LogP contribution in [-0.4, -0.2) is 27.1 Å². The van der Waals surface area contributed by atoms with Crippen molar-refractivity contribution in [3.63, 3.8) is 0 Å². The fraction of sp³-hybridized carbons (Fsp3) is 0.700. The lowest BCUT2D eigenvalue weighted by atomic mass is 10.1. The number of ether oxygens (including phenoxy) is 1. The van der Waals surface area contributed by atoms with Crippen molar-refractivity contribution in [2.75, 3.05) is 11.9 Å². The fourth-order valence-electron chi connectivity index (χ4n) is 0.981. The van der Waals surface area contributed by atoms with Gasteiger partial charge in [-0.15, -0.1) is 0 Å². The quantitative estimate of drug-likeness (QED) is 0.882. The van der Waals surface area contributed by atoms with E-state index in [0.29, 0.717) is 12.6 Å². The largest absolute Gasteiger partial charge is 0.463 e. The van der Waals surface area contributed by atoms with Crippen LogP contribution < -0.4 is 10.1 Å². The van der Waals surface area contributed by atoms with Crippen molar-refractivity contribution in [1.29, 1.82) is 0 Å². The average molecular weight is 245 g/mol. The number of anilines is 1. The van der Waals surface area contributed by atoms with Gasteiger partial charge in [-0.1, -0.05) is 6.92 Å². The van der Waals surface area contributed by atoms with Gasteiger partial charge in [0.2, 0.25) is 11.2 Å². The second kappa shape index (κ2) is 5.30. The van der Waals surface area contributed by atoms with Gasteiger partial charge >= 0.3 is 6.01 Å². The molecule has 0 radical (unpaired) electrons. The van der Waals surface area contributed by atoms with E-state index in [-0.39, 0.29) is 16.8 Å². The number of nitrogens with zero attached hydrogens (tertiary/aromatic N) is 3. The number of hydrogen-bond acceptors (Lipinski definition) is 5. The Hall–Kier alpha value is -1.10. The van der Waals surface area contributed by atoms with Crippen LogP contribution >= 0.6 is 11.6 Å². The first-order valence-electron chi connectivity index (χ1n) is 5.23. The maximum atomic E-state index is 5.78. The van der Waals surface area contributed by atoms with Gasteiger partial charge in [-0.25, -0.2) is 0 Å². The van der Waals surface area contributed by atoms with Crippen LogP contribution in [0.2, 0.25) is 5.28 Å². The Kier molecular flexibility index (Phi) is 4.29. The molecule has 0 aliphatic carbocycles. The van der Waals surface area contributed by atoms with Gasteiger partial charge in [0.1, 0.15) is 0 Å². The van der Waals surface area contributed by atoms with E-state index in [1.54, 1.807) is 0 Å². The summed E-state index contributed by atoms with van der Waals surface area (Å²) in [6.07, 6.45) is 0.894. The first-order chi connectivity index (χ1) is 7.40. The number of nitrogens with one attached hydrogen (secondary N) is 1. The van der Waals surface area contributed by atoms with Gasteiger partial charge in [-0.2, -0.15) is 15.0 Å². The van der Waals surface area contributed by atoms with Crippen LogP contribution in [0.15, 0.2) is 0 Å². The normalized spacial score (nSPS) is 11.3. The van der Waals surface area contributed by atoms with Crippen molar-refractivity contribution in [3.05, 3.63) is 5.28 Å². The van der Waals surface area contributed by atoms with E-state index in [2.05, 4.69) is 20.3 Å². The van der Waals surface area contributed by atoms with Crippen LogP contribution in [0.5, 0.6) is 6.01 Å². The summed E-state index contributed by atoms with van der Waals surface area (Å²) in [5.41, 5.74) is -0.132. The fourth-order valence-corrected chi connectivity index (χ4v) is 1.13. The number of hydrogen-bond donors (Lipinski definition) is 1.